The molecule has 4 amide bonds. The van der Waals surface area contributed by atoms with Crippen molar-refractivity contribution in [2.75, 3.05) is 4.90 Å². The van der Waals surface area contributed by atoms with Crippen LogP contribution >= 0.6 is 11.6 Å². The molecule has 0 spiro atoms. The van der Waals surface area contributed by atoms with Crippen LogP contribution in [0.5, 0.6) is 0 Å². The van der Waals surface area contributed by atoms with E-state index in [1.165, 1.54) is 24.3 Å². The molecule has 1 fully saturated rings. The molecule has 144 valence electrons. The van der Waals surface area contributed by atoms with Crippen LogP contribution in [0.1, 0.15) is 11.1 Å². The zero-order valence-corrected chi connectivity index (χ0v) is 14.4. The van der Waals surface area contributed by atoms with Crippen molar-refractivity contribution >= 4 is 41.2 Å². The van der Waals surface area contributed by atoms with Gasteiger partial charge < -0.3 is 0 Å². The Hall–Kier alpha value is -3.20. The molecule has 1 N–H and O–H groups in total. The number of alkyl halides is 3. The molecule has 0 aromatic heterocycles. The van der Waals surface area contributed by atoms with E-state index in [2.05, 4.69) is 0 Å². The zero-order valence-electron chi connectivity index (χ0n) is 13.7. The van der Waals surface area contributed by atoms with Gasteiger partial charge in [0, 0.05) is 10.6 Å². The van der Waals surface area contributed by atoms with E-state index >= 15 is 0 Å². The minimum atomic E-state index is -4.75. The maximum absolute atomic E-state index is 14.0. The number of hydrogen-bond acceptors (Lipinski definition) is 3. The van der Waals surface area contributed by atoms with Crippen LogP contribution in [-0.4, -0.2) is 17.8 Å². The zero-order chi connectivity index (χ0) is 20.6. The van der Waals surface area contributed by atoms with Gasteiger partial charge in [0.1, 0.15) is 11.4 Å². The fraction of sp³-hybridized carbons (Fsp3) is 0.0556. The monoisotopic (exact) mass is 412 g/mol. The smallest absolute Gasteiger partial charge is 0.273 e. The van der Waals surface area contributed by atoms with E-state index in [-0.39, 0.29) is 11.8 Å². The molecule has 10 heteroatoms. The highest BCUT2D eigenvalue weighted by atomic mass is 35.5. The van der Waals surface area contributed by atoms with Crippen LogP contribution in [-0.2, 0) is 15.8 Å². The van der Waals surface area contributed by atoms with Gasteiger partial charge >= 0.3 is 12.2 Å². The molecule has 1 heterocycles. The molecule has 1 aliphatic heterocycles. The first-order chi connectivity index (χ1) is 13.1. The van der Waals surface area contributed by atoms with Crippen molar-refractivity contribution in [2.45, 2.75) is 6.18 Å². The van der Waals surface area contributed by atoms with Crippen molar-refractivity contribution in [2.24, 2.45) is 0 Å². The lowest BCUT2D eigenvalue weighted by Crippen LogP contribution is -2.54. The number of anilines is 1. The first-order valence-electron chi connectivity index (χ1n) is 7.61. The molecule has 0 unspecified atom stereocenters. The van der Waals surface area contributed by atoms with Gasteiger partial charge in [0.2, 0.25) is 0 Å². The summed E-state index contributed by atoms with van der Waals surface area (Å²) >= 11 is 5.75. The standard InChI is InChI=1S/C18H9ClF4N2O3/c19-11-3-5-12(6-4-11)25-16(27)13(15(26)24-17(25)28)7-9-1-2-10(8-14(9)20)18(21,22)23/h1-8H,(H,24,26,28)/b13-7+. The van der Waals surface area contributed by atoms with E-state index in [4.69, 9.17) is 11.6 Å². The Kier molecular flexibility index (Phi) is 4.95. The Morgan fingerprint density at radius 1 is 1.00 bits per heavy atom. The number of imide groups is 2. The molecule has 2 aromatic carbocycles. The summed E-state index contributed by atoms with van der Waals surface area (Å²) in [4.78, 5) is 37.3. The highest BCUT2D eigenvalue weighted by molar-refractivity contribution is 6.39. The molecule has 28 heavy (non-hydrogen) atoms. The lowest BCUT2D eigenvalue weighted by atomic mass is 10.0. The van der Waals surface area contributed by atoms with Gasteiger partial charge in [0.05, 0.1) is 11.3 Å². The summed E-state index contributed by atoms with van der Waals surface area (Å²) in [7, 11) is 0. The van der Waals surface area contributed by atoms with E-state index in [0.29, 0.717) is 16.0 Å². The third-order valence-electron chi connectivity index (χ3n) is 3.81. The van der Waals surface area contributed by atoms with Gasteiger partial charge in [-0.2, -0.15) is 13.2 Å². The number of carbonyl (C=O) groups excluding carboxylic acids is 3. The van der Waals surface area contributed by atoms with E-state index in [0.717, 1.165) is 12.1 Å². The topological polar surface area (TPSA) is 66.5 Å². The number of nitrogens with zero attached hydrogens (tertiary/aromatic N) is 1. The average molecular weight is 413 g/mol. The molecular weight excluding hydrogens is 404 g/mol. The molecule has 0 saturated carbocycles. The average Bonchev–Trinajstić information content (AvgIpc) is 2.60. The van der Waals surface area contributed by atoms with Crippen LogP contribution < -0.4 is 10.2 Å². The number of rotatable bonds is 2. The molecule has 0 radical (unpaired) electrons. The number of halogens is 5. The predicted molar refractivity (Wildman–Crippen MR) is 91.9 cm³/mol. The van der Waals surface area contributed by atoms with Crippen LogP contribution in [0.4, 0.5) is 28.0 Å². The maximum atomic E-state index is 14.0. The van der Waals surface area contributed by atoms with Crippen LogP contribution in [0.25, 0.3) is 6.08 Å². The van der Waals surface area contributed by atoms with E-state index in [1.54, 1.807) is 0 Å². The second-order valence-corrected chi connectivity index (χ2v) is 6.10. The van der Waals surface area contributed by atoms with Crippen LogP contribution in [0, 0.1) is 5.82 Å². The van der Waals surface area contributed by atoms with Gasteiger partial charge in [-0.25, -0.2) is 14.1 Å². The van der Waals surface area contributed by atoms with E-state index < -0.39 is 46.5 Å². The quantitative estimate of drug-likeness (QED) is 0.457. The summed E-state index contributed by atoms with van der Waals surface area (Å²) in [6, 6.07) is 6.15. The number of hydrogen-bond donors (Lipinski definition) is 1. The molecular formula is C18H9ClF4N2O3. The number of benzene rings is 2. The van der Waals surface area contributed by atoms with Crippen molar-refractivity contribution in [3.8, 4) is 0 Å². The Balaban J connectivity index is 2.01. The second-order valence-electron chi connectivity index (χ2n) is 5.67. The summed E-state index contributed by atoms with van der Waals surface area (Å²) in [6.45, 7) is 0. The fourth-order valence-electron chi connectivity index (χ4n) is 2.46. The van der Waals surface area contributed by atoms with Crippen molar-refractivity contribution < 1.29 is 31.9 Å². The summed E-state index contributed by atoms with van der Waals surface area (Å²) in [5.74, 6) is -3.44. The van der Waals surface area contributed by atoms with E-state index in [1.807, 2.05) is 5.32 Å². The Bertz CT molecular complexity index is 1020. The maximum Gasteiger partial charge on any atom is 0.416 e. The van der Waals surface area contributed by atoms with Crippen LogP contribution in [0.15, 0.2) is 48.0 Å². The van der Waals surface area contributed by atoms with Gasteiger partial charge in [0.15, 0.2) is 0 Å². The lowest BCUT2D eigenvalue weighted by molar-refractivity contribution is -0.137. The molecule has 1 saturated heterocycles. The highest BCUT2D eigenvalue weighted by Crippen LogP contribution is 2.31. The van der Waals surface area contributed by atoms with Gasteiger partial charge in [0.25, 0.3) is 11.8 Å². The Morgan fingerprint density at radius 2 is 1.64 bits per heavy atom. The number of amides is 4. The van der Waals surface area contributed by atoms with Crippen LogP contribution in [0.3, 0.4) is 0 Å². The molecule has 3 rings (SSSR count). The number of carbonyl (C=O) groups is 3. The SMILES string of the molecule is O=C1NC(=O)N(c2ccc(Cl)cc2)C(=O)/C1=C/c1ccc(C(F)(F)F)cc1F. The first-order valence-corrected chi connectivity index (χ1v) is 7.99. The van der Waals surface area contributed by atoms with Crippen molar-refractivity contribution in [1.29, 1.82) is 0 Å². The van der Waals surface area contributed by atoms with Gasteiger partial charge in [-0.3, -0.25) is 14.9 Å². The summed E-state index contributed by atoms with van der Waals surface area (Å²) in [5.41, 5.74) is -2.16. The molecule has 1 aliphatic rings. The second kappa shape index (κ2) is 7.08. The molecule has 0 aliphatic carbocycles. The normalized spacial score (nSPS) is 16.5. The molecule has 0 atom stereocenters. The third-order valence-corrected chi connectivity index (χ3v) is 4.07. The fourth-order valence-corrected chi connectivity index (χ4v) is 2.58. The minimum absolute atomic E-state index is 0.0955. The number of barbiturate groups is 1. The Labute approximate surface area is 160 Å². The number of nitrogens with one attached hydrogen (secondary N) is 1. The molecule has 0 bridgehead atoms. The summed E-state index contributed by atoms with van der Waals surface area (Å²) < 4.78 is 52.0. The number of urea groups is 1. The lowest BCUT2D eigenvalue weighted by Gasteiger charge is -2.26. The van der Waals surface area contributed by atoms with Crippen LogP contribution in [0.2, 0.25) is 5.02 Å². The molecule has 5 nitrogen and oxygen atoms in total. The van der Waals surface area contributed by atoms with Crippen molar-refractivity contribution in [3.63, 3.8) is 0 Å². The third kappa shape index (κ3) is 3.74. The van der Waals surface area contributed by atoms with Gasteiger partial charge in [-0.1, -0.05) is 17.7 Å². The first kappa shape index (κ1) is 19.6. The highest BCUT2D eigenvalue weighted by Gasteiger charge is 2.37. The predicted octanol–water partition coefficient (Wildman–Crippen LogP) is 4.16. The van der Waals surface area contributed by atoms with Crippen molar-refractivity contribution in [3.05, 3.63) is 70.0 Å². The minimum Gasteiger partial charge on any atom is -0.273 e. The largest absolute Gasteiger partial charge is 0.416 e. The Morgan fingerprint density at radius 3 is 2.21 bits per heavy atom. The van der Waals surface area contributed by atoms with Crippen molar-refractivity contribution in [1.82, 2.24) is 5.32 Å². The van der Waals surface area contributed by atoms with E-state index in [9.17, 15) is 31.9 Å². The summed E-state index contributed by atoms with van der Waals surface area (Å²) in [6.07, 6.45) is -3.97. The van der Waals surface area contributed by atoms with Gasteiger partial charge in [-0.15, -0.1) is 0 Å². The van der Waals surface area contributed by atoms with Gasteiger partial charge in [-0.05, 0) is 42.5 Å². The summed E-state index contributed by atoms with van der Waals surface area (Å²) in [5, 5.41) is 2.26. The molecule has 2 aromatic rings.